The zero-order valence-electron chi connectivity index (χ0n) is 19.9. The van der Waals surface area contributed by atoms with Crippen molar-refractivity contribution in [2.75, 3.05) is 40.6 Å². The van der Waals surface area contributed by atoms with Crippen molar-refractivity contribution in [3.05, 3.63) is 47.5 Å². The van der Waals surface area contributed by atoms with E-state index in [4.69, 9.17) is 28.4 Å². The predicted octanol–water partition coefficient (Wildman–Crippen LogP) is 5.36. The van der Waals surface area contributed by atoms with E-state index in [1.54, 1.807) is 14.2 Å². The van der Waals surface area contributed by atoms with Crippen LogP contribution in [0.4, 0.5) is 0 Å². The summed E-state index contributed by atoms with van der Waals surface area (Å²) >= 11 is 0. The van der Waals surface area contributed by atoms with Gasteiger partial charge in [-0.2, -0.15) is 0 Å². The van der Waals surface area contributed by atoms with Crippen LogP contribution in [0.5, 0.6) is 23.0 Å². The van der Waals surface area contributed by atoms with Gasteiger partial charge in [-0.15, -0.1) is 0 Å². The van der Waals surface area contributed by atoms with Crippen LogP contribution in [0.2, 0.25) is 0 Å². The van der Waals surface area contributed by atoms with Crippen LogP contribution < -0.4 is 18.9 Å². The van der Waals surface area contributed by atoms with Crippen molar-refractivity contribution in [1.82, 2.24) is 0 Å². The summed E-state index contributed by atoms with van der Waals surface area (Å²) in [4.78, 5) is 0. The summed E-state index contributed by atoms with van der Waals surface area (Å²) < 4.78 is 34.6. The number of benzene rings is 2. The standard InChI is InChI=1S/C26H34O6/c1-25(2)15-31-23(25)17-7-9-19(27-5)21(13-17)29-11-12-30-22-14-18(8-10-20(22)28-6)24-26(3,4)16-32-24/h7-10,13-14,23-24H,11-12,15-16H2,1-6H3. The first-order valence-electron chi connectivity index (χ1n) is 11.1. The average molecular weight is 443 g/mol. The van der Waals surface area contributed by atoms with E-state index in [0.717, 1.165) is 24.3 Å². The zero-order chi connectivity index (χ0) is 22.9. The second-order valence-electron chi connectivity index (χ2n) is 9.88. The summed E-state index contributed by atoms with van der Waals surface area (Å²) in [5, 5.41) is 0. The van der Waals surface area contributed by atoms with Crippen LogP contribution in [0, 0.1) is 10.8 Å². The summed E-state index contributed by atoms with van der Waals surface area (Å²) in [5.74, 6) is 2.75. The molecule has 4 rings (SSSR count). The van der Waals surface area contributed by atoms with E-state index in [9.17, 15) is 0 Å². The van der Waals surface area contributed by atoms with Crippen LogP contribution >= 0.6 is 0 Å². The van der Waals surface area contributed by atoms with Crippen LogP contribution in [0.25, 0.3) is 0 Å². The van der Waals surface area contributed by atoms with E-state index in [1.165, 1.54) is 0 Å². The Morgan fingerprint density at radius 2 is 1.09 bits per heavy atom. The van der Waals surface area contributed by atoms with E-state index < -0.39 is 0 Å². The van der Waals surface area contributed by atoms with Gasteiger partial charge in [-0.05, 0) is 35.4 Å². The summed E-state index contributed by atoms with van der Waals surface area (Å²) in [6.07, 6.45) is 0.133. The van der Waals surface area contributed by atoms with Crippen molar-refractivity contribution in [2.45, 2.75) is 39.9 Å². The fraction of sp³-hybridized carbons (Fsp3) is 0.538. The maximum Gasteiger partial charge on any atom is 0.161 e. The van der Waals surface area contributed by atoms with E-state index in [-0.39, 0.29) is 23.0 Å². The SMILES string of the molecule is COc1ccc(C2OCC2(C)C)cc1OCCOc1cc(C2OCC2(C)C)ccc1OC. The highest BCUT2D eigenvalue weighted by molar-refractivity contribution is 5.45. The molecule has 6 nitrogen and oxygen atoms in total. The van der Waals surface area contributed by atoms with Crippen molar-refractivity contribution in [2.24, 2.45) is 10.8 Å². The van der Waals surface area contributed by atoms with Gasteiger partial charge in [0.15, 0.2) is 23.0 Å². The predicted molar refractivity (Wildman–Crippen MR) is 122 cm³/mol. The van der Waals surface area contributed by atoms with Gasteiger partial charge in [0, 0.05) is 10.8 Å². The lowest BCUT2D eigenvalue weighted by Crippen LogP contribution is -2.40. The molecule has 2 fully saturated rings. The van der Waals surface area contributed by atoms with E-state index >= 15 is 0 Å². The molecule has 2 saturated heterocycles. The Morgan fingerprint density at radius 3 is 1.38 bits per heavy atom. The molecule has 2 aromatic rings. The largest absolute Gasteiger partial charge is 0.493 e. The van der Waals surface area contributed by atoms with Gasteiger partial charge in [0.1, 0.15) is 13.2 Å². The Morgan fingerprint density at radius 1 is 0.688 bits per heavy atom. The maximum atomic E-state index is 6.02. The monoisotopic (exact) mass is 442 g/mol. The molecule has 0 saturated carbocycles. The van der Waals surface area contributed by atoms with Gasteiger partial charge in [-0.25, -0.2) is 0 Å². The van der Waals surface area contributed by atoms with Crippen LogP contribution in [0.1, 0.15) is 51.0 Å². The quantitative estimate of drug-likeness (QED) is 0.488. The van der Waals surface area contributed by atoms with E-state index in [0.29, 0.717) is 36.2 Å². The minimum absolute atomic E-state index is 0.0667. The highest BCUT2D eigenvalue weighted by Crippen LogP contribution is 2.48. The van der Waals surface area contributed by atoms with Crippen molar-refractivity contribution in [1.29, 1.82) is 0 Å². The fourth-order valence-electron chi connectivity index (χ4n) is 4.34. The first-order chi connectivity index (χ1) is 15.2. The minimum Gasteiger partial charge on any atom is -0.493 e. The van der Waals surface area contributed by atoms with Crippen LogP contribution in [0.3, 0.4) is 0 Å². The van der Waals surface area contributed by atoms with Gasteiger partial charge < -0.3 is 28.4 Å². The first-order valence-corrected chi connectivity index (χ1v) is 11.1. The molecule has 174 valence electrons. The maximum absolute atomic E-state index is 6.02. The molecule has 0 spiro atoms. The van der Waals surface area contributed by atoms with Gasteiger partial charge in [0.05, 0.1) is 39.6 Å². The molecule has 2 aromatic carbocycles. The zero-order valence-corrected chi connectivity index (χ0v) is 19.9. The fourth-order valence-corrected chi connectivity index (χ4v) is 4.34. The lowest BCUT2D eigenvalue weighted by atomic mass is 9.79. The minimum atomic E-state index is 0.0667. The third-order valence-corrected chi connectivity index (χ3v) is 6.24. The number of rotatable bonds is 9. The highest BCUT2D eigenvalue weighted by atomic mass is 16.6. The van der Waals surface area contributed by atoms with Gasteiger partial charge in [0.2, 0.25) is 0 Å². The summed E-state index contributed by atoms with van der Waals surface area (Å²) in [6.45, 7) is 11.1. The van der Waals surface area contributed by atoms with E-state index in [1.807, 2.05) is 36.4 Å². The van der Waals surface area contributed by atoms with Gasteiger partial charge >= 0.3 is 0 Å². The van der Waals surface area contributed by atoms with Gasteiger partial charge in [-0.1, -0.05) is 39.8 Å². The average Bonchev–Trinajstić information content (AvgIpc) is 2.75. The molecule has 2 heterocycles. The normalized spacial score (nSPS) is 22.9. The summed E-state index contributed by atoms with van der Waals surface area (Å²) in [5.41, 5.74) is 2.43. The van der Waals surface area contributed by atoms with Crippen molar-refractivity contribution in [3.8, 4) is 23.0 Å². The van der Waals surface area contributed by atoms with Gasteiger partial charge in [-0.3, -0.25) is 0 Å². The Balaban J connectivity index is 1.40. The smallest absolute Gasteiger partial charge is 0.161 e. The molecule has 0 radical (unpaired) electrons. The molecule has 2 atom stereocenters. The highest BCUT2D eigenvalue weighted by Gasteiger charge is 2.42. The summed E-state index contributed by atoms with van der Waals surface area (Å²) in [6, 6.07) is 11.9. The molecule has 32 heavy (non-hydrogen) atoms. The Hall–Kier alpha value is -2.44. The van der Waals surface area contributed by atoms with Crippen LogP contribution in [-0.2, 0) is 9.47 Å². The molecule has 0 amide bonds. The molecule has 2 aliphatic rings. The molecule has 2 unspecified atom stereocenters. The second-order valence-corrected chi connectivity index (χ2v) is 9.88. The lowest BCUT2D eigenvalue weighted by Gasteiger charge is -2.44. The van der Waals surface area contributed by atoms with Crippen molar-refractivity contribution in [3.63, 3.8) is 0 Å². The number of hydrogen-bond acceptors (Lipinski definition) is 6. The van der Waals surface area contributed by atoms with Crippen molar-refractivity contribution < 1.29 is 28.4 Å². The Labute approximate surface area is 190 Å². The molecular formula is C26H34O6. The molecule has 6 heteroatoms. The summed E-state index contributed by atoms with van der Waals surface area (Å²) in [7, 11) is 3.28. The van der Waals surface area contributed by atoms with Crippen LogP contribution in [0.15, 0.2) is 36.4 Å². The molecular weight excluding hydrogens is 408 g/mol. The third kappa shape index (κ3) is 4.39. The van der Waals surface area contributed by atoms with E-state index in [2.05, 4.69) is 27.7 Å². The van der Waals surface area contributed by atoms with Crippen molar-refractivity contribution >= 4 is 0 Å². The number of hydrogen-bond donors (Lipinski definition) is 0. The third-order valence-electron chi connectivity index (χ3n) is 6.24. The Bertz CT molecular complexity index is 874. The van der Waals surface area contributed by atoms with Crippen LogP contribution in [-0.4, -0.2) is 40.6 Å². The second kappa shape index (κ2) is 8.83. The molecule has 0 aromatic heterocycles. The lowest BCUT2D eigenvalue weighted by molar-refractivity contribution is -0.172. The topological polar surface area (TPSA) is 55.4 Å². The first kappa shape index (κ1) is 22.7. The number of methoxy groups -OCH3 is 2. The molecule has 0 N–H and O–H groups in total. The van der Waals surface area contributed by atoms with Gasteiger partial charge in [0.25, 0.3) is 0 Å². The molecule has 0 aliphatic carbocycles. The number of ether oxygens (including phenoxy) is 6. The Kier molecular flexibility index (Phi) is 6.28. The molecule has 2 aliphatic heterocycles. The molecule has 0 bridgehead atoms.